The molecule has 0 bridgehead atoms. The van der Waals surface area contributed by atoms with Crippen molar-refractivity contribution in [3.63, 3.8) is 0 Å². The second-order valence-electron chi connectivity index (χ2n) is 9.37. The lowest BCUT2D eigenvalue weighted by molar-refractivity contribution is -0.143. The molecule has 38 heavy (non-hydrogen) atoms. The number of carbonyl (C=O) groups excluding carboxylic acids is 1. The lowest BCUT2D eigenvalue weighted by Gasteiger charge is -2.31. The fourth-order valence-electron chi connectivity index (χ4n) is 4.37. The fraction of sp³-hybridized carbons (Fsp3) is 0.519. The number of carbonyl (C=O) groups is 1. The summed E-state index contributed by atoms with van der Waals surface area (Å²) < 4.78 is 85.3. The van der Waals surface area contributed by atoms with E-state index in [9.17, 15) is 31.1 Å². The van der Waals surface area contributed by atoms with Crippen LogP contribution < -0.4 is 5.32 Å². The summed E-state index contributed by atoms with van der Waals surface area (Å²) in [5.74, 6) is 0. The van der Waals surface area contributed by atoms with E-state index in [0.717, 1.165) is 45.3 Å². The molecule has 0 spiro atoms. The molecule has 0 saturated carbocycles. The smallest absolute Gasteiger partial charge is 0.416 e. The Labute approximate surface area is 218 Å². The van der Waals surface area contributed by atoms with Gasteiger partial charge in [-0.25, -0.2) is 4.79 Å². The first-order valence-electron chi connectivity index (χ1n) is 12.4. The maximum Gasteiger partial charge on any atom is 0.416 e. The van der Waals surface area contributed by atoms with Gasteiger partial charge in [-0.05, 0) is 61.9 Å². The zero-order valence-electron chi connectivity index (χ0n) is 21.2. The maximum atomic E-state index is 12.5. The number of nitrogens with one attached hydrogen (secondary N) is 1. The Morgan fingerprint density at radius 2 is 1.53 bits per heavy atom. The summed E-state index contributed by atoms with van der Waals surface area (Å²) in [4.78, 5) is 13.8. The fourth-order valence-corrected chi connectivity index (χ4v) is 4.37. The zero-order chi connectivity index (χ0) is 27.9. The Morgan fingerprint density at radius 1 is 0.947 bits per heavy atom. The minimum absolute atomic E-state index is 0.0167. The van der Waals surface area contributed by atoms with E-state index in [-0.39, 0.29) is 23.8 Å². The number of benzene rings is 2. The van der Waals surface area contributed by atoms with Crippen LogP contribution in [0, 0.1) is 0 Å². The highest BCUT2D eigenvalue weighted by molar-refractivity contribution is 5.68. The van der Waals surface area contributed by atoms with Gasteiger partial charge in [0.05, 0.1) is 17.2 Å². The van der Waals surface area contributed by atoms with E-state index in [1.807, 2.05) is 11.0 Å². The average Bonchev–Trinajstić information content (AvgIpc) is 3.44. The summed E-state index contributed by atoms with van der Waals surface area (Å²) in [5, 5.41) is 3.49. The van der Waals surface area contributed by atoms with Crippen LogP contribution in [0.15, 0.2) is 48.5 Å². The summed E-state index contributed by atoms with van der Waals surface area (Å²) in [6.45, 7) is 3.83. The number of methoxy groups -OCH3 is 1. The van der Waals surface area contributed by atoms with Crippen molar-refractivity contribution in [1.82, 2.24) is 10.2 Å². The molecule has 2 aliphatic rings. The molecule has 2 aromatic carbocycles. The third-order valence-corrected chi connectivity index (χ3v) is 6.64. The van der Waals surface area contributed by atoms with Crippen LogP contribution in [-0.4, -0.2) is 43.8 Å². The number of halogens is 6. The lowest BCUT2D eigenvalue weighted by Crippen LogP contribution is -2.41. The van der Waals surface area contributed by atoms with Gasteiger partial charge in [-0.2, -0.15) is 26.3 Å². The predicted molar refractivity (Wildman–Crippen MR) is 129 cm³/mol. The molecule has 2 heterocycles. The van der Waals surface area contributed by atoms with Gasteiger partial charge in [-0.15, -0.1) is 0 Å². The molecule has 2 aliphatic heterocycles. The van der Waals surface area contributed by atoms with Crippen molar-refractivity contribution in [2.45, 2.75) is 63.2 Å². The van der Waals surface area contributed by atoms with Crippen LogP contribution in [0.5, 0.6) is 0 Å². The second-order valence-corrected chi connectivity index (χ2v) is 9.37. The van der Waals surface area contributed by atoms with Crippen LogP contribution in [0.1, 0.15) is 67.0 Å². The molecule has 0 aliphatic carbocycles. The van der Waals surface area contributed by atoms with Crippen molar-refractivity contribution in [3.05, 3.63) is 70.8 Å². The third-order valence-electron chi connectivity index (χ3n) is 6.64. The van der Waals surface area contributed by atoms with Crippen molar-refractivity contribution in [2.24, 2.45) is 0 Å². The normalized spacial score (nSPS) is 20.9. The number of ether oxygens (including phenoxy) is 2. The summed E-state index contributed by atoms with van der Waals surface area (Å²) >= 11 is 0. The number of piperidine rings is 1. The molecule has 4 rings (SSSR count). The Bertz CT molecular complexity index is 999. The Hall–Kier alpha value is -2.79. The highest BCUT2D eigenvalue weighted by Gasteiger charge is 2.37. The average molecular weight is 547 g/mol. The van der Waals surface area contributed by atoms with Gasteiger partial charge in [0.15, 0.2) is 0 Å². The van der Waals surface area contributed by atoms with Crippen LogP contribution in [0.25, 0.3) is 0 Å². The molecule has 3 atom stereocenters. The van der Waals surface area contributed by atoms with E-state index >= 15 is 0 Å². The Kier molecular flexibility index (Phi) is 10.1. The van der Waals surface area contributed by atoms with Crippen LogP contribution in [-0.2, 0) is 21.8 Å². The van der Waals surface area contributed by atoms with Crippen molar-refractivity contribution in [1.29, 1.82) is 0 Å². The van der Waals surface area contributed by atoms with Gasteiger partial charge in [0.1, 0.15) is 6.10 Å². The minimum Gasteiger partial charge on any atom is -0.445 e. The van der Waals surface area contributed by atoms with Crippen LogP contribution in [0.4, 0.5) is 31.1 Å². The molecule has 0 radical (unpaired) electrons. The SMILES string of the molecule is COC(C)c1cc(C(F)(F)F)cc(C(F)(F)F)c1.O=C(OC1CC[C@@H](c2ccccc2)NC1)N1CCCC1. The van der Waals surface area contributed by atoms with E-state index in [2.05, 4.69) is 29.6 Å². The second kappa shape index (κ2) is 12.8. The first kappa shape index (κ1) is 29.8. The number of hydrogen-bond donors (Lipinski definition) is 1. The summed E-state index contributed by atoms with van der Waals surface area (Å²) in [6, 6.07) is 12.2. The highest BCUT2D eigenvalue weighted by Crippen LogP contribution is 2.37. The summed E-state index contributed by atoms with van der Waals surface area (Å²) in [6.07, 6.45) is -6.47. The predicted octanol–water partition coefficient (Wildman–Crippen LogP) is 7.14. The maximum absolute atomic E-state index is 12.5. The Morgan fingerprint density at radius 3 is 2.00 bits per heavy atom. The summed E-state index contributed by atoms with van der Waals surface area (Å²) in [7, 11) is 1.21. The number of amides is 1. The quantitative estimate of drug-likeness (QED) is 0.414. The molecule has 2 unspecified atom stereocenters. The number of alkyl halides is 6. The van der Waals surface area contributed by atoms with Gasteiger partial charge in [0, 0.05) is 32.8 Å². The minimum atomic E-state index is -4.83. The van der Waals surface area contributed by atoms with E-state index < -0.39 is 29.6 Å². The van der Waals surface area contributed by atoms with Crippen LogP contribution in [0.2, 0.25) is 0 Å². The van der Waals surface area contributed by atoms with Gasteiger partial charge in [-0.3, -0.25) is 0 Å². The first-order valence-corrected chi connectivity index (χ1v) is 12.4. The topological polar surface area (TPSA) is 50.8 Å². The zero-order valence-corrected chi connectivity index (χ0v) is 21.2. The number of hydrogen-bond acceptors (Lipinski definition) is 4. The monoisotopic (exact) mass is 546 g/mol. The molecule has 2 aromatic rings. The largest absolute Gasteiger partial charge is 0.445 e. The third kappa shape index (κ3) is 8.36. The van der Waals surface area contributed by atoms with Crippen LogP contribution in [0.3, 0.4) is 0 Å². The molecule has 5 nitrogen and oxygen atoms in total. The first-order chi connectivity index (χ1) is 17.9. The standard InChI is InChI=1S/C16H22N2O2.C11H10F6O/c19-16(18-10-4-5-11-18)20-14-8-9-15(17-12-14)13-6-2-1-3-7-13;1-6(18-2)7-3-8(10(12,13)14)5-9(4-7)11(15,16)17/h1-3,6-7,14-15,17H,4-5,8-12H2;3-6H,1-2H3/t14?,15-;/m0./s1. The number of rotatable bonds is 4. The van der Waals surface area contributed by atoms with Gasteiger partial charge < -0.3 is 19.7 Å². The molecule has 1 amide bonds. The van der Waals surface area contributed by atoms with Gasteiger partial charge in [0.25, 0.3) is 0 Å². The molecule has 0 aromatic heterocycles. The molecular weight excluding hydrogens is 514 g/mol. The van der Waals surface area contributed by atoms with Crippen molar-refractivity contribution < 1.29 is 40.6 Å². The lowest BCUT2D eigenvalue weighted by atomic mass is 9.96. The van der Waals surface area contributed by atoms with Gasteiger partial charge >= 0.3 is 18.4 Å². The number of likely N-dealkylation sites (tertiary alicyclic amines) is 1. The molecular formula is C27H32F6N2O3. The van der Waals surface area contributed by atoms with E-state index in [4.69, 9.17) is 9.47 Å². The van der Waals surface area contributed by atoms with Gasteiger partial charge in [-0.1, -0.05) is 30.3 Å². The molecule has 210 valence electrons. The van der Waals surface area contributed by atoms with Crippen LogP contribution >= 0.6 is 0 Å². The molecule has 2 fully saturated rings. The number of nitrogens with zero attached hydrogens (tertiary/aromatic N) is 1. The molecule has 1 N–H and O–H groups in total. The molecule has 2 saturated heterocycles. The highest BCUT2D eigenvalue weighted by atomic mass is 19.4. The summed E-state index contributed by atoms with van der Waals surface area (Å²) in [5.41, 5.74) is -1.52. The van der Waals surface area contributed by atoms with E-state index in [1.54, 1.807) is 0 Å². The molecule has 11 heteroatoms. The van der Waals surface area contributed by atoms with Gasteiger partial charge in [0.2, 0.25) is 0 Å². The van der Waals surface area contributed by atoms with Crippen molar-refractivity contribution in [3.8, 4) is 0 Å². The van der Waals surface area contributed by atoms with Crippen molar-refractivity contribution >= 4 is 6.09 Å². The Balaban J connectivity index is 0.000000212. The van der Waals surface area contributed by atoms with Crippen molar-refractivity contribution in [2.75, 3.05) is 26.7 Å². The van der Waals surface area contributed by atoms with E-state index in [0.29, 0.717) is 18.2 Å². The van der Waals surface area contributed by atoms with E-state index in [1.165, 1.54) is 19.6 Å².